The van der Waals surface area contributed by atoms with Crippen LogP contribution in [0.25, 0.3) is 0 Å². The minimum Gasteiger partial charge on any atom is -0.490 e. The van der Waals surface area contributed by atoms with Crippen LogP contribution >= 0.6 is 11.3 Å². The molecule has 0 saturated carbocycles. The number of hydrogen-bond acceptors (Lipinski definition) is 9. The van der Waals surface area contributed by atoms with E-state index in [9.17, 15) is 19.2 Å². The molecule has 0 saturated heterocycles. The van der Waals surface area contributed by atoms with Crippen LogP contribution < -0.4 is 14.8 Å². The lowest BCUT2D eigenvalue weighted by Gasteiger charge is -2.12. The second kappa shape index (κ2) is 11.1. The second-order valence-electron chi connectivity index (χ2n) is 6.07. The smallest absolute Gasteiger partial charge is 0.348 e. The van der Waals surface area contributed by atoms with E-state index < -0.39 is 24.5 Å². The van der Waals surface area contributed by atoms with E-state index in [1.54, 1.807) is 20.8 Å². The number of rotatable bonds is 10. The highest BCUT2D eigenvalue weighted by Crippen LogP contribution is 2.34. The van der Waals surface area contributed by atoms with Crippen LogP contribution in [0.1, 0.15) is 49.8 Å². The average Bonchev–Trinajstić information content (AvgIpc) is 3.08. The van der Waals surface area contributed by atoms with Crippen molar-refractivity contribution in [3.05, 3.63) is 39.8 Å². The van der Waals surface area contributed by atoms with E-state index in [-0.39, 0.29) is 27.8 Å². The molecule has 2 rings (SSSR count). The molecule has 1 N–H and O–H groups in total. The molecular weight excluding hydrogens is 426 g/mol. The van der Waals surface area contributed by atoms with E-state index in [2.05, 4.69) is 5.32 Å². The Hall–Kier alpha value is -3.40. The fourth-order valence-corrected chi connectivity index (χ4v) is 3.76. The summed E-state index contributed by atoms with van der Waals surface area (Å²) < 4.78 is 20.7. The number of aldehydes is 1. The molecule has 0 atom stereocenters. The third kappa shape index (κ3) is 5.82. The minimum absolute atomic E-state index is 0.0888. The summed E-state index contributed by atoms with van der Waals surface area (Å²) in [6.07, 6.45) is 0.675. The number of hydrogen-bond donors (Lipinski definition) is 1. The number of anilines is 1. The molecule has 0 bridgehead atoms. The summed E-state index contributed by atoms with van der Waals surface area (Å²) in [7, 11) is 1.23. The topological polar surface area (TPSA) is 117 Å². The molecule has 0 spiro atoms. The Kier molecular flexibility index (Phi) is 8.56. The van der Waals surface area contributed by atoms with Crippen molar-refractivity contribution in [3.63, 3.8) is 0 Å². The van der Waals surface area contributed by atoms with Crippen molar-refractivity contribution < 1.29 is 38.1 Å². The van der Waals surface area contributed by atoms with Crippen LogP contribution in [0.3, 0.4) is 0 Å². The molecule has 10 heteroatoms. The zero-order valence-electron chi connectivity index (χ0n) is 17.6. The zero-order chi connectivity index (χ0) is 23.0. The third-order valence-corrected chi connectivity index (χ3v) is 5.20. The Labute approximate surface area is 183 Å². The molecule has 0 aliphatic rings. The molecule has 0 unspecified atom stereocenters. The predicted molar refractivity (Wildman–Crippen MR) is 113 cm³/mol. The monoisotopic (exact) mass is 449 g/mol. The molecule has 1 aromatic heterocycles. The van der Waals surface area contributed by atoms with Gasteiger partial charge in [0.1, 0.15) is 16.2 Å². The van der Waals surface area contributed by atoms with Crippen LogP contribution in [0.2, 0.25) is 0 Å². The lowest BCUT2D eigenvalue weighted by Crippen LogP contribution is -2.21. The maximum atomic E-state index is 12.5. The van der Waals surface area contributed by atoms with Gasteiger partial charge in [-0.15, -0.1) is 11.3 Å². The van der Waals surface area contributed by atoms with Gasteiger partial charge in [0.15, 0.2) is 18.1 Å². The summed E-state index contributed by atoms with van der Waals surface area (Å²) in [6.45, 7) is 5.09. The number of carbonyl (C=O) groups is 4. The Morgan fingerprint density at radius 2 is 1.81 bits per heavy atom. The van der Waals surface area contributed by atoms with Crippen molar-refractivity contribution >= 4 is 40.5 Å². The van der Waals surface area contributed by atoms with Gasteiger partial charge in [0.05, 0.1) is 25.9 Å². The van der Waals surface area contributed by atoms with E-state index in [0.717, 1.165) is 11.3 Å². The predicted octanol–water partition coefficient (Wildman–Crippen LogP) is 3.25. The minimum atomic E-state index is -0.661. The summed E-state index contributed by atoms with van der Waals surface area (Å²) in [5, 5.41) is 2.74. The number of nitrogens with one attached hydrogen (secondary N) is 1. The van der Waals surface area contributed by atoms with Gasteiger partial charge < -0.3 is 24.3 Å². The van der Waals surface area contributed by atoms with E-state index in [1.807, 2.05) is 0 Å². The Balaban J connectivity index is 2.21. The fraction of sp³-hybridized carbons (Fsp3) is 0.333. The van der Waals surface area contributed by atoms with E-state index >= 15 is 0 Å². The van der Waals surface area contributed by atoms with Gasteiger partial charge in [-0.3, -0.25) is 9.59 Å². The largest absolute Gasteiger partial charge is 0.490 e. The highest BCUT2D eigenvalue weighted by Gasteiger charge is 2.27. The SMILES string of the molecule is CCOC(=O)c1c(NC(=O)COc2ccc(C=O)cc2OCC)sc(C(=O)OC)c1C. The Morgan fingerprint density at radius 3 is 2.42 bits per heavy atom. The molecule has 1 heterocycles. The van der Waals surface area contributed by atoms with Crippen molar-refractivity contribution in [1.29, 1.82) is 0 Å². The first kappa shape index (κ1) is 23.9. The first-order valence-corrected chi connectivity index (χ1v) is 10.2. The molecule has 0 aliphatic carbocycles. The summed E-state index contributed by atoms with van der Waals surface area (Å²) in [5.41, 5.74) is 0.851. The van der Waals surface area contributed by atoms with Gasteiger partial charge in [-0.1, -0.05) is 0 Å². The lowest BCUT2D eigenvalue weighted by molar-refractivity contribution is -0.118. The number of ether oxygens (including phenoxy) is 4. The van der Waals surface area contributed by atoms with Crippen LogP contribution in [0.5, 0.6) is 11.5 Å². The van der Waals surface area contributed by atoms with E-state index in [0.29, 0.717) is 29.8 Å². The van der Waals surface area contributed by atoms with Crippen LogP contribution in [0, 0.1) is 6.92 Å². The van der Waals surface area contributed by atoms with Crippen LogP contribution in [-0.4, -0.2) is 51.1 Å². The van der Waals surface area contributed by atoms with Crippen LogP contribution in [-0.2, 0) is 14.3 Å². The van der Waals surface area contributed by atoms with Gasteiger partial charge in [0.2, 0.25) is 0 Å². The first-order chi connectivity index (χ1) is 14.9. The molecule has 166 valence electrons. The normalized spacial score (nSPS) is 10.2. The molecule has 0 fully saturated rings. The van der Waals surface area contributed by atoms with Crippen molar-refractivity contribution in [3.8, 4) is 11.5 Å². The number of methoxy groups -OCH3 is 1. The van der Waals surface area contributed by atoms with Crippen molar-refractivity contribution in [2.45, 2.75) is 20.8 Å². The molecule has 1 aromatic carbocycles. The number of thiophene rings is 1. The molecule has 0 aliphatic heterocycles. The Bertz CT molecular complexity index is 982. The molecule has 2 aromatic rings. The number of amides is 1. The van der Waals surface area contributed by atoms with Gasteiger partial charge in [0.25, 0.3) is 5.91 Å². The summed E-state index contributed by atoms with van der Waals surface area (Å²) in [4.78, 5) is 47.9. The maximum Gasteiger partial charge on any atom is 0.348 e. The highest BCUT2D eigenvalue weighted by atomic mass is 32.1. The molecular formula is C21H23NO8S. The third-order valence-electron chi connectivity index (χ3n) is 4.01. The number of esters is 2. The zero-order valence-corrected chi connectivity index (χ0v) is 18.4. The van der Waals surface area contributed by atoms with Gasteiger partial charge in [0, 0.05) is 5.56 Å². The van der Waals surface area contributed by atoms with E-state index in [4.69, 9.17) is 18.9 Å². The van der Waals surface area contributed by atoms with Crippen molar-refractivity contribution in [2.75, 3.05) is 32.2 Å². The quantitative estimate of drug-likeness (QED) is 0.434. The van der Waals surface area contributed by atoms with Crippen LogP contribution in [0.15, 0.2) is 18.2 Å². The molecule has 31 heavy (non-hydrogen) atoms. The highest BCUT2D eigenvalue weighted by molar-refractivity contribution is 7.18. The molecule has 1 amide bonds. The van der Waals surface area contributed by atoms with Gasteiger partial charge >= 0.3 is 11.9 Å². The van der Waals surface area contributed by atoms with E-state index in [1.165, 1.54) is 25.3 Å². The average molecular weight is 449 g/mol. The fourth-order valence-electron chi connectivity index (χ4n) is 2.63. The van der Waals surface area contributed by atoms with Gasteiger partial charge in [-0.25, -0.2) is 9.59 Å². The summed E-state index contributed by atoms with van der Waals surface area (Å²) >= 11 is 0.913. The van der Waals surface area contributed by atoms with Crippen molar-refractivity contribution in [2.24, 2.45) is 0 Å². The molecule has 9 nitrogen and oxygen atoms in total. The second-order valence-corrected chi connectivity index (χ2v) is 7.09. The number of benzene rings is 1. The van der Waals surface area contributed by atoms with Gasteiger partial charge in [-0.05, 0) is 44.5 Å². The Morgan fingerprint density at radius 1 is 1.06 bits per heavy atom. The summed E-state index contributed by atoms with van der Waals surface area (Å²) in [6, 6.07) is 4.57. The van der Waals surface area contributed by atoms with Gasteiger partial charge in [-0.2, -0.15) is 0 Å². The maximum absolute atomic E-state index is 12.5. The standard InChI is InChI=1S/C21H23NO8S/c1-5-28-15-9-13(10-23)7-8-14(15)30-11-16(24)22-19-17(20(25)29-6-2)12(3)18(31-19)21(26)27-4/h7-10H,5-6,11H2,1-4H3,(H,22,24). The number of carbonyl (C=O) groups excluding carboxylic acids is 4. The summed E-state index contributed by atoms with van der Waals surface area (Å²) in [5.74, 6) is -1.24. The molecule has 0 radical (unpaired) electrons. The lowest BCUT2D eigenvalue weighted by atomic mass is 10.1. The van der Waals surface area contributed by atoms with Crippen LogP contribution in [0.4, 0.5) is 5.00 Å². The first-order valence-electron chi connectivity index (χ1n) is 9.39. The van der Waals surface area contributed by atoms with Crippen molar-refractivity contribution in [1.82, 2.24) is 0 Å².